The quantitative estimate of drug-likeness (QED) is 0.841. The summed E-state index contributed by atoms with van der Waals surface area (Å²) in [7, 11) is 0. The number of amides is 2. The first kappa shape index (κ1) is 17.4. The van der Waals surface area contributed by atoms with E-state index in [0.717, 1.165) is 0 Å². The SMILES string of the molecule is C[C@@H]1Oc2ccccc2N(CCC(=O)Nc2ccc(Br)cc2F)C1=O. The van der Waals surface area contributed by atoms with Gasteiger partial charge in [0, 0.05) is 17.4 Å². The summed E-state index contributed by atoms with van der Waals surface area (Å²) in [6.07, 6.45) is -0.565. The number of hydrogen-bond acceptors (Lipinski definition) is 3. The average Bonchev–Trinajstić information content (AvgIpc) is 2.58. The van der Waals surface area contributed by atoms with Gasteiger partial charge in [-0.3, -0.25) is 9.59 Å². The average molecular weight is 407 g/mol. The minimum absolute atomic E-state index is 0.0439. The number of carbonyl (C=O) groups is 2. The molecule has 0 saturated carbocycles. The molecule has 1 aliphatic rings. The molecule has 1 N–H and O–H groups in total. The van der Waals surface area contributed by atoms with E-state index >= 15 is 0 Å². The molecular weight excluding hydrogens is 391 g/mol. The summed E-state index contributed by atoms with van der Waals surface area (Å²) in [6, 6.07) is 11.6. The van der Waals surface area contributed by atoms with Gasteiger partial charge in [-0.2, -0.15) is 0 Å². The lowest BCUT2D eigenvalue weighted by Gasteiger charge is -2.32. The van der Waals surface area contributed by atoms with Crippen molar-refractivity contribution in [2.75, 3.05) is 16.8 Å². The molecule has 130 valence electrons. The third-order valence-corrected chi connectivity index (χ3v) is 4.33. The Hall–Kier alpha value is -2.41. The maximum atomic E-state index is 13.8. The monoisotopic (exact) mass is 406 g/mol. The van der Waals surface area contributed by atoms with Gasteiger partial charge in [-0.25, -0.2) is 4.39 Å². The summed E-state index contributed by atoms with van der Waals surface area (Å²) in [6.45, 7) is 1.86. The second-order valence-corrected chi connectivity index (χ2v) is 6.56. The fraction of sp³-hybridized carbons (Fsp3) is 0.222. The number of nitrogens with one attached hydrogen (secondary N) is 1. The van der Waals surface area contributed by atoms with Crippen molar-refractivity contribution < 1.29 is 18.7 Å². The molecule has 25 heavy (non-hydrogen) atoms. The summed E-state index contributed by atoms with van der Waals surface area (Å²) in [4.78, 5) is 26.0. The van der Waals surface area contributed by atoms with Crippen LogP contribution in [0.5, 0.6) is 5.75 Å². The van der Waals surface area contributed by atoms with Crippen LogP contribution in [0.3, 0.4) is 0 Å². The van der Waals surface area contributed by atoms with Crippen LogP contribution in [-0.4, -0.2) is 24.5 Å². The topological polar surface area (TPSA) is 58.6 Å². The predicted octanol–water partition coefficient (Wildman–Crippen LogP) is 3.73. The van der Waals surface area contributed by atoms with Gasteiger partial charge >= 0.3 is 0 Å². The molecule has 0 radical (unpaired) electrons. The Balaban J connectivity index is 1.68. The summed E-state index contributed by atoms with van der Waals surface area (Å²) in [5.74, 6) is -0.495. The zero-order valence-corrected chi connectivity index (χ0v) is 15.0. The number of anilines is 2. The summed E-state index contributed by atoms with van der Waals surface area (Å²) in [5, 5.41) is 2.52. The van der Waals surface area contributed by atoms with Crippen LogP contribution in [0.4, 0.5) is 15.8 Å². The van der Waals surface area contributed by atoms with Crippen molar-refractivity contribution in [1.82, 2.24) is 0 Å². The van der Waals surface area contributed by atoms with Gasteiger partial charge in [-0.15, -0.1) is 0 Å². The van der Waals surface area contributed by atoms with Gasteiger partial charge in [-0.1, -0.05) is 28.1 Å². The van der Waals surface area contributed by atoms with Crippen LogP contribution in [0.15, 0.2) is 46.9 Å². The molecule has 2 aromatic rings. The van der Waals surface area contributed by atoms with Crippen molar-refractivity contribution in [2.45, 2.75) is 19.4 Å². The number of carbonyl (C=O) groups excluding carboxylic acids is 2. The molecule has 0 saturated heterocycles. The van der Waals surface area contributed by atoms with Crippen molar-refractivity contribution in [1.29, 1.82) is 0 Å². The summed E-state index contributed by atoms with van der Waals surface area (Å²) >= 11 is 3.16. The molecule has 0 bridgehead atoms. The molecule has 0 spiro atoms. The van der Waals surface area contributed by atoms with E-state index in [9.17, 15) is 14.0 Å². The number of nitrogens with zero attached hydrogens (tertiary/aromatic N) is 1. The third-order valence-electron chi connectivity index (χ3n) is 3.84. The molecule has 2 amide bonds. The molecule has 0 aromatic heterocycles. The van der Waals surface area contributed by atoms with E-state index < -0.39 is 11.9 Å². The highest BCUT2D eigenvalue weighted by molar-refractivity contribution is 9.10. The standard InChI is InChI=1S/C18H16BrFN2O3/c1-11-18(24)22(15-4-2-3-5-16(15)25-11)9-8-17(23)21-14-7-6-12(19)10-13(14)20/h2-7,10-11H,8-9H2,1H3,(H,21,23)/t11-/m0/s1. The molecule has 1 heterocycles. The maximum absolute atomic E-state index is 13.8. The zero-order chi connectivity index (χ0) is 18.0. The third kappa shape index (κ3) is 3.82. The molecular formula is C18H16BrFN2O3. The minimum atomic E-state index is -0.609. The van der Waals surface area contributed by atoms with Gasteiger partial charge in [0.05, 0.1) is 11.4 Å². The van der Waals surface area contributed by atoms with Crippen LogP contribution in [0.2, 0.25) is 0 Å². The van der Waals surface area contributed by atoms with Crippen molar-refractivity contribution in [2.24, 2.45) is 0 Å². The molecule has 5 nitrogen and oxygen atoms in total. The van der Waals surface area contributed by atoms with Gasteiger partial charge < -0.3 is 15.0 Å². The van der Waals surface area contributed by atoms with E-state index in [-0.39, 0.29) is 30.5 Å². The number of fused-ring (bicyclic) bond motifs is 1. The number of rotatable bonds is 4. The normalized spacial score (nSPS) is 16.2. The van der Waals surface area contributed by atoms with Crippen LogP contribution in [-0.2, 0) is 9.59 Å². The molecule has 0 fully saturated rings. The number of hydrogen-bond donors (Lipinski definition) is 1. The Morgan fingerprint density at radius 2 is 2.08 bits per heavy atom. The summed E-state index contributed by atoms with van der Waals surface area (Å²) < 4.78 is 19.9. The first-order valence-electron chi connectivity index (χ1n) is 7.77. The summed E-state index contributed by atoms with van der Waals surface area (Å²) in [5.41, 5.74) is 0.739. The van der Waals surface area contributed by atoms with Crippen LogP contribution in [0.1, 0.15) is 13.3 Å². The van der Waals surface area contributed by atoms with E-state index in [2.05, 4.69) is 21.2 Å². The van der Waals surface area contributed by atoms with Gasteiger partial charge in [-0.05, 0) is 37.3 Å². The zero-order valence-electron chi connectivity index (χ0n) is 13.5. The van der Waals surface area contributed by atoms with Crippen molar-refractivity contribution >= 4 is 39.1 Å². The van der Waals surface area contributed by atoms with Gasteiger partial charge in [0.2, 0.25) is 5.91 Å². The van der Waals surface area contributed by atoms with Crippen LogP contribution in [0.25, 0.3) is 0 Å². The lowest BCUT2D eigenvalue weighted by molar-refractivity contribution is -0.125. The van der Waals surface area contributed by atoms with Crippen LogP contribution in [0, 0.1) is 5.82 Å². The van der Waals surface area contributed by atoms with E-state index in [0.29, 0.717) is 15.9 Å². The first-order valence-corrected chi connectivity index (χ1v) is 8.57. The lowest BCUT2D eigenvalue weighted by Crippen LogP contribution is -2.45. The Morgan fingerprint density at radius 3 is 2.84 bits per heavy atom. The molecule has 2 aromatic carbocycles. The Kier molecular flexibility index (Phi) is 5.03. The number of halogens is 2. The lowest BCUT2D eigenvalue weighted by atomic mass is 10.1. The first-order chi connectivity index (χ1) is 12.0. The van der Waals surface area contributed by atoms with E-state index in [4.69, 9.17) is 4.74 Å². The van der Waals surface area contributed by atoms with E-state index in [1.165, 1.54) is 17.0 Å². The Labute approximate surface area is 152 Å². The fourth-order valence-corrected chi connectivity index (χ4v) is 2.94. The number of benzene rings is 2. The van der Waals surface area contributed by atoms with E-state index in [1.807, 2.05) is 6.07 Å². The molecule has 1 aliphatic heterocycles. The van der Waals surface area contributed by atoms with Crippen molar-refractivity contribution in [3.63, 3.8) is 0 Å². The molecule has 7 heteroatoms. The van der Waals surface area contributed by atoms with Crippen molar-refractivity contribution in [3.8, 4) is 5.75 Å². The molecule has 3 rings (SSSR count). The second-order valence-electron chi connectivity index (χ2n) is 5.64. The maximum Gasteiger partial charge on any atom is 0.267 e. The number of ether oxygens (including phenoxy) is 1. The fourth-order valence-electron chi connectivity index (χ4n) is 2.61. The van der Waals surface area contributed by atoms with E-state index in [1.54, 1.807) is 31.2 Å². The minimum Gasteiger partial charge on any atom is -0.479 e. The predicted molar refractivity (Wildman–Crippen MR) is 96.2 cm³/mol. The highest BCUT2D eigenvalue weighted by Crippen LogP contribution is 2.33. The largest absolute Gasteiger partial charge is 0.479 e. The van der Waals surface area contributed by atoms with Crippen molar-refractivity contribution in [3.05, 3.63) is 52.8 Å². The van der Waals surface area contributed by atoms with Gasteiger partial charge in [0.25, 0.3) is 5.91 Å². The second kappa shape index (κ2) is 7.23. The molecule has 0 aliphatic carbocycles. The smallest absolute Gasteiger partial charge is 0.267 e. The Bertz CT molecular complexity index is 828. The highest BCUT2D eigenvalue weighted by Gasteiger charge is 2.31. The Morgan fingerprint density at radius 1 is 1.32 bits per heavy atom. The van der Waals surface area contributed by atoms with Gasteiger partial charge in [0.15, 0.2) is 6.10 Å². The highest BCUT2D eigenvalue weighted by atomic mass is 79.9. The number of para-hydroxylation sites is 2. The molecule has 0 unspecified atom stereocenters. The van der Waals surface area contributed by atoms with Gasteiger partial charge in [0.1, 0.15) is 11.6 Å². The molecule has 1 atom stereocenters. The van der Waals surface area contributed by atoms with Crippen LogP contribution >= 0.6 is 15.9 Å². The van der Waals surface area contributed by atoms with Crippen LogP contribution < -0.4 is 15.0 Å².